The quantitative estimate of drug-likeness (QED) is 0.227. The number of fused-ring (bicyclic) bond motifs is 1. The van der Waals surface area contributed by atoms with Crippen molar-refractivity contribution in [3.05, 3.63) is 65.2 Å². The van der Waals surface area contributed by atoms with Crippen LogP contribution < -0.4 is 10.1 Å². The number of rotatable bonds is 9. The van der Waals surface area contributed by atoms with Crippen LogP contribution in [0.3, 0.4) is 0 Å². The molecule has 0 amide bonds. The van der Waals surface area contributed by atoms with Gasteiger partial charge >= 0.3 is 0 Å². The molecule has 3 aromatic rings. The molecule has 0 saturated carbocycles. The molecule has 3 rings (SSSR count). The van der Waals surface area contributed by atoms with E-state index in [4.69, 9.17) is 15.1 Å². The lowest BCUT2D eigenvalue weighted by molar-refractivity contribution is 0.302. The fourth-order valence-electron chi connectivity index (χ4n) is 5.00. The maximum Gasteiger partial charge on any atom is 0.139 e. The Morgan fingerprint density at radius 2 is 1.71 bits per heavy atom. The Bertz CT molecular complexity index is 1220. The summed E-state index contributed by atoms with van der Waals surface area (Å²) in [7, 11) is 1.68. The number of hydrogen-bond acceptors (Lipinski definition) is 5. The molecular formula is C29H40N4O2. The number of nitrogens with zero attached hydrogens (tertiary/aromatic N) is 2. The summed E-state index contributed by atoms with van der Waals surface area (Å²) in [6.45, 7) is 14.5. The van der Waals surface area contributed by atoms with E-state index in [2.05, 4.69) is 56.5 Å². The fourth-order valence-corrected chi connectivity index (χ4v) is 5.00. The summed E-state index contributed by atoms with van der Waals surface area (Å²) in [4.78, 5) is 5.00. The van der Waals surface area contributed by atoms with Crippen molar-refractivity contribution in [2.24, 2.45) is 5.41 Å². The zero-order chi connectivity index (χ0) is 26.0. The summed E-state index contributed by atoms with van der Waals surface area (Å²) in [6.07, 6.45) is 4.61. The smallest absolute Gasteiger partial charge is 0.139 e. The van der Waals surface area contributed by atoms with Crippen LogP contribution in [0, 0.1) is 10.8 Å². The second kappa shape index (κ2) is 10.1. The highest BCUT2D eigenvalue weighted by Crippen LogP contribution is 2.32. The first-order valence-electron chi connectivity index (χ1n) is 12.2. The van der Waals surface area contributed by atoms with Crippen LogP contribution in [0.2, 0.25) is 0 Å². The molecule has 1 aromatic carbocycles. The molecule has 0 atom stereocenters. The van der Waals surface area contributed by atoms with Crippen molar-refractivity contribution in [2.45, 2.75) is 73.3 Å². The monoisotopic (exact) mass is 476 g/mol. The molecular weight excluding hydrogens is 436 g/mol. The van der Waals surface area contributed by atoms with E-state index in [0.717, 1.165) is 47.7 Å². The highest BCUT2D eigenvalue weighted by atomic mass is 16.5. The third kappa shape index (κ3) is 6.65. The van der Waals surface area contributed by atoms with Gasteiger partial charge in [-0.15, -0.1) is 0 Å². The van der Waals surface area contributed by atoms with E-state index < -0.39 is 0 Å². The van der Waals surface area contributed by atoms with Crippen LogP contribution in [0.5, 0.6) is 5.75 Å². The number of imidazole rings is 1. The standard InChI is InChI=1S/C29H40N4O2/c1-19(30)26(20(2)34)22-15-16-33-25(17-22)31-24(14-11-21-9-12-23(35-8)13-10-21)27(33)32-29(6,7)18-28(3,4)5/h9-10,12-13,15-17,30,32,34H,11,14,18H2,1-8H3/b26-20+,30-19?. The number of aryl methyl sites for hydroxylation is 2. The number of aliphatic hydroxyl groups excluding tert-OH is 1. The lowest BCUT2D eigenvalue weighted by Crippen LogP contribution is -2.36. The number of methoxy groups -OCH3 is 1. The molecule has 2 aromatic heterocycles. The molecule has 188 valence electrons. The van der Waals surface area contributed by atoms with Gasteiger partial charge in [-0.3, -0.25) is 4.40 Å². The van der Waals surface area contributed by atoms with E-state index in [9.17, 15) is 5.11 Å². The maximum absolute atomic E-state index is 10.2. The molecule has 35 heavy (non-hydrogen) atoms. The van der Waals surface area contributed by atoms with Crippen molar-refractivity contribution >= 4 is 22.7 Å². The van der Waals surface area contributed by atoms with Crippen LogP contribution in [0.1, 0.15) is 71.7 Å². The second-order valence-corrected chi connectivity index (χ2v) is 11.2. The second-order valence-electron chi connectivity index (χ2n) is 11.2. The minimum absolute atomic E-state index is 0.137. The molecule has 0 spiro atoms. The van der Waals surface area contributed by atoms with E-state index in [-0.39, 0.29) is 16.7 Å². The first kappa shape index (κ1) is 26.3. The molecule has 0 radical (unpaired) electrons. The highest BCUT2D eigenvalue weighted by molar-refractivity contribution is 6.21. The summed E-state index contributed by atoms with van der Waals surface area (Å²) >= 11 is 0. The molecule has 3 N–H and O–H groups in total. The van der Waals surface area contributed by atoms with Gasteiger partial charge in [0.15, 0.2) is 0 Å². The molecule has 0 saturated heterocycles. The molecule has 0 aliphatic rings. The fraction of sp³-hybridized carbons (Fsp3) is 0.448. The minimum Gasteiger partial charge on any atom is -0.512 e. The molecule has 0 bridgehead atoms. The molecule has 6 nitrogen and oxygen atoms in total. The number of anilines is 1. The summed E-state index contributed by atoms with van der Waals surface area (Å²) in [5.41, 5.74) is 4.70. The van der Waals surface area contributed by atoms with Crippen molar-refractivity contribution in [1.29, 1.82) is 5.41 Å². The number of ether oxygens (including phenoxy) is 1. The average molecular weight is 477 g/mol. The lowest BCUT2D eigenvalue weighted by Gasteiger charge is -2.34. The van der Waals surface area contributed by atoms with Crippen LogP contribution in [-0.2, 0) is 12.8 Å². The van der Waals surface area contributed by atoms with Gasteiger partial charge in [0.2, 0.25) is 0 Å². The summed E-state index contributed by atoms with van der Waals surface area (Å²) in [5.74, 6) is 1.98. The highest BCUT2D eigenvalue weighted by Gasteiger charge is 2.28. The van der Waals surface area contributed by atoms with E-state index in [0.29, 0.717) is 11.3 Å². The molecule has 2 heterocycles. The van der Waals surface area contributed by atoms with Crippen LogP contribution in [0.15, 0.2) is 48.4 Å². The maximum atomic E-state index is 10.2. The van der Waals surface area contributed by atoms with Gasteiger partial charge in [-0.1, -0.05) is 32.9 Å². The van der Waals surface area contributed by atoms with Crippen LogP contribution in [0.4, 0.5) is 5.82 Å². The normalized spacial score (nSPS) is 13.0. The summed E-state index contributed by atoms with van der Waals surface area (Å²) in [5, 5.41) is 22.1. The number of pyridine rings is 1. The number of nitrogens with one attached hydrogen (secondary N) is 2. The zero-order valence-electron chi connectivity index (χ0n) is 22.4. The predicted octanol–water partition coefficient (Wildman–Crippen LogP) is 7.08. The average Bonchev–Trinajstić information content (AvgIpc) is 3.06. The van der Waals surface area contributed by atoms with Crippen LogP contribution in [0.25, 0.3) is 11.2 Å². The molecule has 0 aliphatic heterocycles. The Kier molecular flexibility index (Phi) is 7.63. The Morgan fingerprint density at radius 1 is 1.06 bits per heavy atom. The molecule has 0 aliphatic carbocycles. The molecule has 0 unspecified atom stereocenters. The first-order chi connectivity index (χ1) is 16.3. The first-order valence-corrected chi connectivity index (χ1v) is 12.2. The lowest BCUT2D eigenvalue weighted by atomic mass is 9.82. The van der Waals surface area contributed by atoms with Gasteiger partial charge < -0.3 is 20.6 Å². The topological polar surface area (TPSA) is 82.6 Å². The van der Waals surface area contributed by atoms with Crippen LogP contribution >= 0.6 is 0 Å². The number of aliphatic hydroxyl groups is 1. The Morgan fingerprint density at radius 3 is 2.26 bits per heavy atom. The third-order valence-corrected chi connectivity index (χ3v) is 5.96. The number of aromatic nitrogens is 2. The molecule has 0 fully saturated rings. The third-order valence-electron chi connectivity index (χ3n) is 5.96. The number of allylic oxidation sites excluding steroid dienone is 2. The van der Waals surface area contributed by atoms with Gasteiger partial charge in [0.1, 0.15) is 17.2 Å². The van der Waals surface area contributed by atoms with Gasteiger partial charge in [0.25, 0.3) is 0 Å². The Labute approximate surface area is 209 Å². The van der Waals surface area contributed by atoms with Crippen LogP contribution in [-0.4, -0.2) is 32.9 Å². The predicted molar refractivity (Wildman–Crippen MR) is 146 cm³/mol. The van der Waals surface area contributed by atoms with E-state index in [1.807, 2.05) is 30.5 Å². The number of benzene rings is 1. The van der Waals surface area contributed by atoms with Crippen molar-refractivity contribution in [3.8, 4) is 5.75 Å². The zero-order valence-corrected chi connectivity index (χ0v) is 22.4. The minimum atomic E-state index is -0.139. The van der Waals surface area contributed by atoms with Crippen molar-refractivity contribution in [2.75, 3.05) is 12.4 Å². The summed E-state index contributed by atoms with van der Waals surface area (Å²) < 4.78 is 7.37. The van der Waals surface area contributed by atoms with Gasteiger partial charge in [0.05, 0.1) is 18.6 Å². The number of hydrogen-bond donors (Lipinski definition) is 3. The van der Waals surface area contributed by atoms with Crippen molar-refractivity contribution in [3.63, 3.8) is 0 Å². The Balaban J connectivity index is 2.03. The van der Waals surface area contributed by atoms with E-state index in [1.54, 1.807) is 21.0 Å². The van der Waals surface area contributed by atoms with E-state index >= 15 is 0 Å². The van der Waals surface area contributed by atoms with E-state index in [1.165, 1.54) is 5.56 Å². The van der Waals surface area contributed by atoms with Crippen molar-refractivity contribution < 1.29 is 9.84 Å². The largest absolute Gasteiger partial charge is 0.512 e. The SMILES string of the molecule is COc1ccc(CCc2nc3cc(/C(C(C)=N)=C(\C)O)ccn3c2NC(C)(C)CC(C)(C)C)cc1. The van der Waals surface area contributed by atoms with Gasteiger partial charge in [-0.25, -0.2) is 4.98 Å². The Hall–Kier alpha value is -3.28. The summed E-state index contributed by atoms with van der Waals surface area (Å²) in [6, 6.07) is 12.1. The van der Waals surface area contributed by atoms with Gasteiger partial charge in [0, 0.05) is 23.0 Å². The van der Waals surface area contributed by atoms with Crippen molar-refractivity contribution in [1.82, 2.24) is 9.38 Å². The molecule has 6 heteroatoms. The van der Waals surface area contributed by atoms with Gasteiger partial charge in [-0.2, -0.15) is 0 Å². The van der Waals surface area contributed by atoms with Gasteiger partial charge in [-0.05, 0) is 87.8 Å².